The van der Waals surface area contributed by atoms with E-state index in [4.69, 9.17) is 0 Å². The number of hydrogen-bond acceptors (Lipinski definition) is 4. The number of nitrogens with zero attached hydrogens (tertiary/aromatic N) is 2. The number of amides is 3. The van der Waals surface area contributed by atoms with E-state index in [9.17, 15) is 14.4 Å². The number of piperidine rings is 1. The van der Waals surface area contributed by atoms with E-state index in [1.807, 2.05) is 30.3 Å². The lowest BCUT2D eigenvalue weighted by atomic mass is 9.99. The number of likely N-dealkylation sites (tertiary alicyclic amines) is 1. The molecular formula is C18H20N2O3S. The van der Waals surface area contributed by atoms with E-state index < -0.39 is 0 Å². The first kappa shape index (κ1) is 16.8. The number of carbonyl (C=O) groups is 3. The second kappa shape index (κ2) is 7.21. The maximum Gasteiger partial charge on any atom is 0.294 e. The third-order valence-corrected chi connectivity index (χ3v) is 5.31. The summed E-state index contributed by atoms with van der Waals surface area (Å²) in [5.41, 5.74) is 0.861. The van der Waals surface area contributed by atoms with Crippen molar-refractivity contribution >= 4 is 34.9 Å². The van der Waals surface area contributed by atoms with Crippen LogP contribution in [0.1, 0.15) is 25.3 Å². The Labute approximate surface area is 145 Å². The van der Waals surface area contributed by atoms with E-state index in [2.05, 4.69) is 6.92 Å². The predicted molar refractivity (Wildman–Crippen MR) is 94.1 cm³/mol. The van der Waals surface area contributed by atoms with E-state index in [-0.39, 0.29) is 23.6 Å². The van der Waals surface area contributed by atoms with Gasteiger partial charge in [-0.2, -0.15) is 0 Å². The zero-order valence-electron chi connectivity index (χ0n) is 13.6. The van der Waals surface area contributed by atoms with Crippen molar-refractivity contribution in [2.75, 3.05) is 19.6 Å². The molecule has 3 amide bonds. The molecule has 0 atom stereocenters. The van der Waals surface area contributed by atoms with Gasteiger partial charge in [-0.25, -0.2) is 0 Å². The summed E-state index contributed by atoms with van der Waals surface area (Å²) in [6.45, 7) is 3.42. The van der Waals surface area contributed by atoms with Crippen LogP contribution < -0.4 is 0 Å². The van der Waals surface area contributed by atoms with Crippen LogP contribution in [0.3, 0.4) is 0 Å². The third-order valence-electron chi connectivity index (χ3n) is 4.40. The number of rotatable bonds is 3. The van der Waals surface area contributed by atoms with E-state index in [1.165, 1.54) is 0 Å². The quantitative estimate of drug-likeness (QED) is 0.791. The first-order chi connectivity index (χ1) is 11.5. The van der Waals surface area contributed by atoms with Gasteiger partial charge >= 0.3 is 0 Å². The zero-order valence-corrected chi connectivity index (χ0v) is 14.4. The molecule has 2 heterocycles. The smallest absolute Gasteiger partial charge is 0.294 e. The van der Waals surface area contributed by atoms with Crippen LogP contribution in [0, 0.1) is 5.92 Å². The van der Waals surface area contributed by atoms with Crippen molar-refractivity contribution in [3.05, 3.63) is 40.8 Å². The molecule has 0 bridgehead atoms. The average Bonchev–Trinajstić information content (AvgIpc) is 2.84. The highest BCUT2D eigenvalue weighted by Gasteiger charge is 2.37. The van der Waals surface area contributed by atoms with Crippen LogP contribution in [-0.2, 0) is 9.59 Å². The second-order valence-electron chi connectivity index (χ2n) is 6.24. The van der Waals surface area contributed by atoms with Crippen LogP contribution in [0.4, 0.5) is 4.79 Å². The molecule has 2 fully saturated rings. The molecule has 2 saturated heterocycles. The molecule has 1 aromatic rings. The lowest BCUT2D eigenvalue weighted by Gasteiger charge is -2.31. The minimum atomic E-state index is -0.382. The lowest BCUT2D eigenvalue weighted by Crippen LogP contribution is -2.45. The SMILES string of the molecule is CC1CCN(C(=O)CN2C(=O)S/C(=C/c3ccccc3)C2=O)CC1. The summed E-state index contributed by atoms with van der Waals surface area (Å²) in [5.74, 6) is 0.0952. The Balaban J connectivity index is 1.66. The molecule has 0 saturated carbocycles. The number of thioether (sulfide) groups is 1. The Morgan fingerprint density at radius 3 is 2.54 bits per heavy atom. The molecule has 2 aliphatic heterocycles. The van der Waals surface area contributed by atoms with Gasteiger partial charge in [0.15, 0.2) is 0 Å². The monoisotopic (exact) mass is 344 g/mol. The summed E-state index contributed by atoms with van der Waals surface area (Å²) >= 11 is 0.893. The van der Waals surface area contributed by atoms with Gasteiger partial charge in [-0.05, 0) is 42.2 Å². The minimum absolute atomic E-state index is 0.148. The van der Waals surface area contributed by atoms with Crippen molar-refractivity contribution in [1.29, 1.82) is 0 Å². The average molecular weight is 344 g/mol. The number of hydrogen-bond donors (Lipinski definition) is 0. The van der Waals surface area contributed by atoms with Crippen molar-refractivity contribution in [3.63, 3.8) is 0 Å². The van der Waals surface area contributed by atoms with Gasteiger partial charge in [0.2, 0.25) is 5.91 Å². The molecular weight excluding hydrogens is 324 g/mol. The summed E-state index contributed by atoms with van der Waals surface area (Å²) < 4.78 is 0. The van der Waals surface area contributed by atoms with Crippen LogP contribution in [0.25, 0.3) is 6.08 Å². The minimum Gasteiger partial charge on any atom is -0.341 e. The van der Waals surface area contributed by atoms with Gasteiger partial charge < -0.3 is 4.90 Å². The molecule has 1 aromatic carbocycles. The van der Waals surface area contributed by atoms with Crippen LogP contribution in [-0.4, -0.2) is 46.5 Å². The van der Waals surface area contributed by atoms with Crippen LogP contribution >= 0.6 is 11.8 Å². The van der Waals surface area contributed by atoms with Crippen molar-refractivity contribution < 1.29 is 14.4 Å². The fraction of sp³-hybridized carbons (Fsp3) is 0.389. The van der Waals surface area contributed by atoms with E-state index >= 15 is 0 Å². The number of imide groups is 1. The standard InChI is InChI=1S/C18H20N2O3S/c1-13-7-9-19(10-8-13)16(21)12-20-17(22)15(24-18(20)23)11-14-5-3-2-4-6-14/h2-6,11,13H,7-10,12H2,1H3/b15-11+. The predicted octanol–water partition coefficient (Wildman–Crippen LogP) is 2.98. The molecule has 0 unspecified atom stereocenters. The Morgan fingerprint density at radius 1 is 1.21 bits per heavy atom. The molecule has 3 rings (SSSR count). The summed E-state index contributed by atoms with van der Waals surface area (Å²) in [7, 11) is 0. The summed E-state index contributed by atoms with van der Waals surface area (Å²) in [4.78, 5) is 40.1. The summed E-state index contributed by atoms with van der Waals surface area (Å²) in [6.07, 6.45) is 3.64. The fourth-order valence-electron chi connectivity index (χ4n) is 2.83. The van der Waals surface area contributed by atoms with Gasteiger partial charge in [0.25, 0.3) is 11.1 Å². The largest absolute Gasteiger partial charge is 0.341 e. The molecule has 6 heteroatoms. The van der Waals surface area contributed by atoms with Gasteiger partial charge in [0.05, 0.1) is 4.91 Å². The maximum absolute atomic E-state index is 12.4. The molecule has 0 spiro atoms. The van der Waals surface area contributed by atoms with Gasteiger partial charge in [-0.1, -0.05) is 37.3 Å². The molecule has 2 aliphatic rings. The molecule has 5 nitrogen and oxygen atoms in total. The molecule has 0 aliphatic carbocycles. The Bertz CT molecular complexity index is 679. The Kier molecular flexibility index (Phi) is 5.04. The maximum atomic E-state index is 12.4. The van der Waals surface area contributed by atoms with Gasteiger partial charge in [0.1, 0.15) is 6.54 Å². The summed E-state index contributed by atoms with van der Waals surface area (Å²) in [5, 5.41) is -0.374. The molecule has 24 heavy (non-hydrogen) atoms. The Hall–Kier alpha value is -2.08. The van der Waals surface area contributed by atoms with Crippen molar-refractivity contribution in [1.82, 2.24) is 9.80 Å². The Morgan fingerprint density at radius 2 is 1.88 bits per heavy atom. The highest BCUT2D eigenvalue weighted by Crippen LogP contribution is 2.32. The number of benzene rings is 1. The lowest BCUT2D eigenvalue weighted by molar-refractivity contribution is -0.136. The fourth-order valence-corrected chi connectivity index (χ4v) is 3.67. The van der Waals surface area contributed by atoms with E-state index in [1.54, 1.807) is 11.0 Å². The van der Waals surface area contributed by atoms with E-state index in [0.717, 1.165) is 35.1 Å². The normalized spacial score (nSPS) is 21.0. The van der Waals surface area contributed by atoms with Crippen LogP contribution in [0.15, 0.2) is 35.2 Å². The van der Waals surface area contributed by atoms with E-state index in [0.29, 0.717) is 23.9 Å². The molecule has 0 N–H and O–H groups in total. The molecule has 0 aromatic heterocycles. The summed E-state index contributed by atoms with van der Waals surface area (Å²) in [6, 6.07) is 9.37. The molecule has 0 radical (unpaired) electrons. The highest BCUT2D eigenvalue weighted by molar-refractivity contribution is 8.18. The number of carbonyl (C=O) groups excluding carboxylic acids is 3. The topological polar surface area (TPSA) is 57.7 Å². The third kappa shape index (κ3) is 3.70. The molecule has 126 valence electrons. The second-order valence-corrected chi connectivity index (χ2v) is 7.24. The van der Waals surface area contributed by atoms with Crippen LogP contribution in [0.5, 0.6) is 0 Å². The first-order valence-electron chi connectivity index (χ1n) is 8.13. The van der Waals surface area contributed by atoms with Gasteiger partial charge in [-0.15, -0.1) is 0 Å². The van der Waals surface area contributed by atoms with Crippen molar-refractivity contribution in [2.45, 2.75) is 19.8 Å². The van der Waals surface area contributed by atoms with Gasteiger partial charge in [-0.3, -0.25) is 19.3 Å². The van der Waals surface area contributed by atoms with Crippen molar-refractivity contribution in [3.8, 4) is 0 Å². The first-order valence-corrected chi connectivity index (χ1v) is 8.94. The van der Waals surface area contributed by atoms with Gasteiger partial charge in [0, 0.05) is 13.1 Å². The van der Waals surface area contributed by atoms with Crippen molar-refractivity contribution in [2.24, 2.45) is 5.92 Å². The highest BCUT2D eigenvalue weighted by atomic mass is 32.2. The zero-order chi connectivity index (χ0) is 17.1. The van der Waals surface area contributed by atoms with Crippen LogP contribution in [0.2, 0.25) is 0 Å².